The maximum atomic E-state index is 10.5. The lowest BCUT2D eigenvalue weighted by Gasteiger charge is -2.16. The molecule has 0 radical (unpaired) electrons. The van der Waals surface area contributed by atoms with E-state index in [9.17, 15) is 14.7 Å². The number of rotatable bonds is 18. The van der Waals surface area contributed by atoms with Crippen molar-refractivity contribution >= 4 is 58.7 Å². The zero-order valence-corrected chi connectivity index (χ0v) is 52.6. The number of halogens is 3. The summed E-state index contributed by atoms with van der Waals surface area (Å²) in [5, 5.41) is 44.7. The number of aliphatic imine (C=N–C) groups is 2. The van der Waals surface area contributed by atoms with Gasteiger partial charge in [-0.2, -0.15) is 0 Å². The SMILES string of the molecule is C=C.CC(CC(=O)O)Cc1ccccc1.CC(Cc1ccccc1)C(=O)O.CC1=NC(CO)C(c2ccccc2)O1.CCOC(C)NCl.COCC1N=C(C)OC1c1ccccc1.Cc1ccccc1.ClCCl.N[C@@H](CO)[C@H](O)c1ccccc1. The van der Waals surface area contributed by atoms with Crippen LogP contribution in [0.3, 0.4) is 0 Å². The molecular formula is C67H91Cl3N4O11. The van der Waals surface area contributed by atoms with Crippen LogP contribution in [0.1, 0.15) is 99.7 Å². The molecule has 0 aromatic heterocycles. The van der Waals surface area contributed by atoms with E-state index < -0.39 is 24.1 Å². The molecule has 6 aromatic rings. The maximum Gasteiger partial charge on any atom is 0.306 e. The molecule has 15 nitrogen and oxygen atoms in total. The van der Waals surface area contributed by atoms with E-state index in [0.29, 0.717) is 25.5 Å². The topological polar surface area (TPSA) is 235 Å². The molecule has 2 heterocycles. The number of carbonyl (C=O) groups is 2. The number of nitrogens with zero attached hydrogens (tertiary/aromatic N) is 2. The van der Waals surface area contributed by atoms with Crippen LogP contribution in [0.4, 0.5) is 0 Å². The molecule has 9 atom stereocenters. The van der Waals surface area contributed by atoms with Gasteiger partial charge in [0.15, 0.2) is 11.8 Å². The minimum atomic E-state index is -0.781. The van der Waals surface area contributed by atoms with Crippen molar-refractivity contribution in [1.82, 2.24) is 4.84 Å². The number of hydrogen-bond acceptors (Lipinski definition) is 13. The van der Waals surface area contributed by atoms with Crippen molar-refractivity contribution in [1.29, 1.82) is 0 Å². The van der Waals surface area contributed by atoms with Gasteiger partial charge in [0.25, 0.3) is 0 Å². The summed E-state index contributed by atoms with van der Waals surface area (Å²) in [7, 11) is 1.69. The summed E-state index contributed by atoms with van der Waals surface area (Å²) in [6, 6.07) is 58.2. The normalized spacial score (nSPS) is 16.6. The first kappa shape index (κ1) is 78.5. The summed E-state index contributed by atoms with van der Waals surface area (Å²) in [5.74, 6) is -0.154. The second-order valence-electron chi connectivity index (χ2n) is 19.0. The molecule has 0 aliphatic carbocycles. The zero-order chi connectivity index (χ0) is 63.8. The number of carboxylic acids is 2. The molecule has 8 rings (SSSR count). The molecule has 18 heteroatoms. The first-order valence-corrected chi connectivity index (χ1v) is 29.2. The Morgan fingerprint density at radius 2 is 1.05 bits per heavy atom. The Kier molecular flexibility index (Phi) is 46.0. The fraction of sp³-hybridized carbons (Fsp3) is 0.373. The third kappa shape index (κ3) is 36.9. The van der Waals surface area contributed by atoms with Crippen molar-refractivity contribution in [2.45, 2.75) is 110 Å². The van der Waals surface area contributed by atoms with E-state index in [0.717, 1.165) is 34.6 Å². The minimum Gasteiger partial charge on any atom is -0.481 e. The molecule has 0 bridgehead atoms. The maximum absolute atomic E-state index is 10.5. The lowest BCUT2D eigenvalue weighted by atomic mass is 9.98. The number of carboxylic acid groups (broad SMARTS) is 2. The molecule has 2 aliphatic rings. The summed E-state index contributed by atoms with van der Waals surface area (Å²) in [4.78, 5) is 31.9. The van der Waals surface area contributed by atoms with Crippen molar-refractivity contribution in [3.05, 3.63) is 229 Å². The van der Waals surface area contributed by atoms with Crippen LogP contribution in [0.5, 0.6) is 0 Å². The van der Waals surface area contributed by atoms with Gasteiger partial charge in [0.2, 0.25) is 0 Å². The van der Waals surface area contributed by atoms with Gasteiger partial charge >= 0.3 is 11.9 Å². The van der Waals surface area contributed by atoms with Crippen LogP contribution in [0.2, 0.25) is 0 Å². The number of aliphatic hydroxyl groups is 3. The lowest BCUT2D eigenvalue weighted by molar-refractivity contribution is -0.141. The average molecular weight is 1230 g/mol. The number of aliphatic carboxylic acids is 2. The highest BCUT2D eigenvalue weighted by Crippen LogP contribution is 2.30. The number of hydrogen-bond donors (Lipinski definition) is 7. The smallest absolute Gasteiger partial charge is 0.306 e. The van der Waals surface area contributed by atoms with Gasteiger partial charge in [-0.1, -0.05) is 201 Å². The Labute approximate surface area is 520 Å². The van der Waals surface area contributed by atoms with Gasteiger partial charge in [-0.15, -0.1) is 36.4 Å². The Morgan fingerprint density at radius 1 is 0.659 bits per heavy atom. The highest BCUT2D eigenvalue weighted by atomic mass is 35.5. The first-order chi connectivity index (χ1) is 40.9. The Bertz CT molecular complexity index is 2620. The third-order valence-corrected chi connectivity index (χ3v) is 12.1. The highest BCUT2D eigenvalue weighted by Gasteiger charge is 2.31. The van der Waals surface area contributed by atoms with Crippen LogP contribution >= 0.6 is 35.0 Å². The molecule has 85 heavy (non-hydrogen) atoms. The first-order valence-electron chi connectivity index (χ1n) is 27.7. The van der Waals surface area contributed by atoms with Crippen LogP contribution in [-0.2, 0) is 41.4 Å². The van der Waals surface area contributed by atoms with Gasteiger partial charge in [-0.25, -0.2) is 14.8 Å². The molecule has 0 amide bonds. The predicted octanol–water partition coefficient (Wildman–Crippen LogP) is 13.4. The molecule has 0 saturated heterocycles. The Hall–Kier alpha value is -6.47. The molecule has 0 fully saturated rings. The molecule has 8 N–H and O–H groups in total. The summed E-state index contributed by atoms with van der Waals surface area (Å²) in [5.41, 5.74) is 12.0. The minimum absolute atomic E-state index is 0.00569. The summed E-state index contributed by atoms with van der Waals surface area (Å²) in [6.07, 6.45) is 0.758. The molecular weight excluding hydrogens is 1140 g/mol. The van der Waals surface area contributed by atoms with Crippen LogP contribution in [0.15, 0.2) is 205 Å². The van der Waals surface area contributed by atoms with E-state index >= 15 is 0 Å². The standard InChI is InChI=1S/C12H15NO2.C11H13NO2.C11H14O2.C10H12O2.C9H13NO2.C7H8.C4H10ClNO.C2H4.CH2Cl2/c1-9-13-11(8-14-2)12(15-9)10-6-4-3-5-7-10;1-8-12-10(7-13)11(14-8)9-5-3-2-4-6-9;1-9(8-11(12)13)7-10-5-3-2-4-6-10;1-8(10(11)12)7-9-5-3-2-4-6-9;10-8(6-11)9(12)7-4-2-1-3-5-7;1-7-5-3-2-4-6-7;1-3-7-4(2)6-5;1-2;2-1-3/h3-7,11-12H,8H2,1-2H3;2-6,10-11,13H,7H2,1H3;2-6,9H,7-8H2,1H3,(H,12,13);2-6,8H,7H2,1H3,(H,11,12);1-5,8-9,11-12H,6,10H2;2-6H,1H3;4,6H,3H2,1-2H3;1-2H2;1H2/t;;;;8-,9+;;;;/m....0..../s1. The number of ether oxygens (including phenoxy) is 4. The van der Waals surface area contributed by atoms with Crippen molar-refractivity contribution in [2.75, 3.05) is 38.9 Å². The second kappa shape index (κ2) is 49.8. The fourth-order valence-corrected chi connectivity index (χ4v) is 7.80. The van der Waals surface area contributed by atoms with Gasteiger partial charge in [0.1, 0.15) is 30.5 Å². The molecule has 6 aromatic carbocycles. The van der Waals surface area contributed by atoms with E-state index in [1.165, 1.54) is 11.1 Å². The van der Waals surface area contributed by atoms with E-state index in [4.69, 9.17) is 80.1 Å². The van der Waals surface area contributed by atoms with Crippen LogP contribution in [-0.4, -0.2) is 112 Å². The van der Waals surface area contributed by atoms with Crippen LogP contribution in [0.25, 0.3) is 0 Å². The van der Waals surface area contributed by atoms with E-state index in [-0.39, 0.29) is 67.3 Å². The molecule has 7 unspecified atom stereocenters. The Balaban J connectivity index is 0.000000968. The number of nitrogens with one attached hydrogen (secondary N) is 1. The van der Waals surface area contributed by atoms with E-state index in [1.54, 1.807) is 26.2 Å². The monoisotopic (exact) mass is 1230 g/mol. The van der Waals surface area contributed by atoms with Crippen molar-refractivity contribution in [2.24, 2.45) is 27.6 Å². The number of methoxy groups -OCH3 is 1. The quantitative estimate of drug-likeness (QED) is 0.0184. The summed E-state index contributed by atoms with van der Waals surface area (Å²) in [6.45, 7) is 20.3. The molecule has 0 spiro atoms. The van der Waals surface area contributed by atoms with Gasteiger partial charge in [-0.3, -0.25) is 9.59 Å². The number of aliphatic hydroxyl groups excluding tert-OH is 3. The van der Waals surface area contributed by atoms with Crippen LogP contribution < -0.4 is 10.6 Å². The van der Waals surface area contributed by atoms with E-state index in [1.807, 2.05) is 180 Å². The van der Waals surface area contributed by atoms with Crippen molar-refractivity contribution < 1.29 is 54.1 Å². The van der Waals surface area contributed by atoms with Gasteiger partial charge in [0, 0.05) is 34.0 Å². The van der Waals surface area contributed by atoms with Gasteiger partial charge < -0.3 is 50.2 Å². The number of benzene rings is 6. The second-order valence-corrected chi connectivity index (χ2v) is 20.0. The summed E-state index contributed by atoms with van der Waals surface area (Å²) >= 11 is 14.7. The highest BCUT2D eigenvalue weighted by molar-refractivity contribution is 6.40. The lowest BCUT2D eigenvalue weighted by Crippen LogP contribution is -2.31. The fourth-order valence-electron chi connectivity index (χ4n) is 7.74. The number of nitrogens with two attached hydrogens (primary N) is 1. The number of alkyl halides is 2. The van der Waals surface area contributed by atoms with Crippen LogP contribution in [0, 0.1) is 18.8 Å². The Morgan fingerprint density at radius 3 is 1.39 bits per heavy atom. The molecule has 466 valence electrons. The van der Waals surface area contributed by atoms with Crippen molar-refractivity contribution in [3.8, 4) is 0 Å². The van der Waals surface area contributed by atoms with E-state index in [2.05, 4.69) is 59.2 Å². The number of aryl methyl sites for hydroxylation is 1. The zero-order valence-electron chi connectivity index (χ0n) is 50.4. The largest absolute Gasteiger partial charge is 0.481 e. The molecule has 0 saturated carbocycles. The summed E-state index contributed by atoms with van der Waals surface area (Å²) < 4.78 is 21.3. The van der Waals surface area contributed by atoms with Gasteiger partial charge in [0.05, 0.1) is 43.2 Å². The van der Waals surface area contributed by atoms with Crippen molar-refractivity contribution in [3.63, 3.8) is 0 Å². The molecule has 2 aliphatic heterocycles. The average Bonchev–Trinajstić information content (AvgIpc) is 4.30. The predicted molar refractivity (Wildman–Crippen MR) is 347 cm³/mol. The van der Waals surface area contributed by atoms with Gasteiger partial charge in [-0.05, 0) is 79.1 Å². The third-order valence-electron chi connectivity index (χ3n) is 11.8.